The van der Waals surface area contributed by atoms with Crippen LogP contribution in [0.5, 0.6) is 5.75 Å². The summed E-state index contributed by atoms with van der Waals surface area (Å²) in [5.74, 6) is 1.59. The van der Waals surface area contributed by atoms with Crippen molar-refractivity contribution in [1.29, 1.82) is 0 Å². The molecule has 0 unspecified atom stereocenters. The van der Waals surface area contributed by atoms with E-state index in [1.165, 1.54) is 17.7 Å². The second-order valence-electron chi connectivity index (χ2n) is 8.54. The molecule has 0 atom stereocenters. The molecule has 0 radical (unpaired) electrons. The van der Waals surface area contributed by atoms with E-state index in [-0.39, 0.29) is 7.05 Å². The second-order valence-corrected chi connectivity index (χ2v) is 8.54. The molecule has 0 aliphatic carbocycles. The van der Waals surface area contributed by atoms with Crippen LogP contribution >= 0.6 is 0 Å². The van der Waals surface area contributed by atoms with Gasteiger partial charge in [0.1, 0.15) is 12.4 Å². The first kappa shape index (κ1) is 21.7. The van der Waals surface area contributed by atoms with Gasteiger partial charge >= 0.3 is 7.05 Å². The average Bonchev–Trinajstić information content (AvgIpc) is 2.74. The molecule has 0 spiro atoms. The molecule has 2 aromatic rings. The molecule has 0 saturated carbocycles. The standard InChI is InChI=1S/C24H35BN2O2/c1-20(2)13-18-27(23-14-16-26(17-15-23)25(3)28)22-9-11-24(12-10-22)29-19-21-7-5-4-6-8-21/h4-12,20,23,28H,13-19H2,1-3H3. The molecule has 1 heterocycles. The van der Waals surface area contributed by atoms with Gasteiger partial charge in [-0.3, -0.25) is 0 Å². The normalized spacial score (nSPS) is 15.5. The SMILES string of the molecule is CB(O)N1CCC(N(CCC(C)C)c2ccc(OCc3ccccc3)cc2)CC1. The zero-order valence-corrected chi connectivity index (χ0v) is 18.1. The van der Waals surface area contributed by atoms with Crippen molar-refractivity contribution in [2.45, 2.75) is 52.6 Å². The lowest BCUT2D eigenvalue weighted by Gasteiger charge is -2.40. The molecule has 4 nitrogen and oxygen atoms in total. The van der Waals surface area contributed by atoms with Crippen LogP contribution in [0.2, 0.25) is 6.82 Å². The maximum Gasteiger partial charge on any atom is 0.376 e. The fourth-order valence-corrected chi connectivity index (χ4v) is 3.97. The van der Waals surface area contributed by atoms with Crippen molar-refractivity contribution in [1.82, 2.24) is 4.81 Å². The van der Waals surface area contributed by atoms with Gasteiger partial charge in [0.2, 0.25) is 0 Å². The summed E-state index contributed by atoms with van der Waals surface area (Å²) in [7, 11) is -0.346. The quantitative estimate of drug-likeness (QED) is 0.626. The zero-order valence-electron chi connectivity index (χ0n) is 18.1. The van der Waals surface area contributed by atoms with Crippen LogP contribution in [0.15, 0.2) is 54.6 Å². The molecule has 156 valence electrons. The van der Waals surface area contributed by atoms with Crippen LogP contribution in [-0.4, -0.2) is 42.6 Å². The first-order valence-corrected chi connectivity index (χ1v) is 11.0. The van der Waals surface area contributed by atoms with E-state index in [2.05, 4.69) is 60.0 Å². The maximum absolute atomic E-state index is 9.86. The van der Waals surface area contributed by atoms with Crippen LogP contribution in [0.4, 0.5) is 5.69 Å². The van der Waals surface area contributed by atoms with Gasteiger partial charge in [0, 0.05) is 18.3 Å². The maximum atomic E-state index is 9.86. The predicted octanol–water partition coefficient (Wildman–Crippen LogP) is 4.69. The highest BCUT2D eigenvalue weighted by molar-refractivity contribution is 6.45. The van der Waals surface area contributed by atoms with E-state index in [4.69, 9.17) is 4.74 Å². The van der Waals surface area contributed by atoms with Gasteiger partial charge in [0.25, 0.3) is 0 Å². The summed E-state index contributed by atoms with van der Waals surface area (Å²) in [4.78, 5) is 4.73. The van der Waals surface area contributed by atoms with Gasteiger partial charge in [-0.15, -0.1) is 0 Å². The Kier molecular flexibility index (Phi) is 8.02. The van der Waals surface area contributed by atoms with Crippen molar-refractivity contribution in [2.24, 2.45) is 5.92 Å². The average molecular weight is 394 g/mol. The van der Waals surface area contributed by atoms with Crippen LogP contribution in [0.1, 0.15) is 38.7 Å². The number of ether oxygens (including phenoxy) is 1. The van der Waals surface area contributed by atoms with Crippen LogP contribution in [0, 0.1) is 5.92 Å². The van der Waals surface area contributed by atoms with Crippen LogP contribution in [0.25, 0.3) is 0 Å². The number of nitrogens with zero attached hydrogens (tertiary/aromatic N) is 2. The Hall–Kier alpha value is -1.98. The third-order valence-corrected chi connectivity index (χ3v) is 5.83. The van der Waals surface area contributed by atoms with Gasteiger partial charge in [-0.05, 0) is 74.9 Å². The predicted molar refractivity (Wildman–Crippen MR) is 122 cm³/mol. The third-order valence-electron chi connectivity index (χ3n) is 5.83. The Labute approximate surface area is 176 Å². The fraction of sp³-hybridized carbons (Fsp3) is 0.500. The summed E-state index contributed by atoms with van der Waals surface area (Å²) in [6.07, 6.45) is 3.37. The topological polar surface area (TPSA) is 35.9 Å². The molecule has 2 aromatic carbocycles. The summed E-state index contributed by atoms with van der Waals surface area (Å²) in [6.45, 7) is 10.0. The van der Waals surface area contributed by atoms with Crippen molar-refractivity contribution in [3.63, 3.8) is 0 Å². The highest BCUT2D eigenvalue weighted by Gasteiger charge is 2.27. The largest absolute Gasteiger partial charge is 0.489 e. The summed E-state index contributed by atoms with van der Waals surface area (Å²) >= 11 is 0. The summed E-state index contributed by atoms with van der Waals surface area (Å²) in [5.41, 5.74) is 2.45. The highest BCUT2D eigenvalue weighted by atomic mass is 16.5. The minimum Gasteiger partial charge on any atom is -0.489 e. The highest BCUT2D eigenvalue weighted by Crippen LogP contribution is 2.27. The molecule has 1 aliphatic rings. The molecule has 1 aliphatic heterocycles. The number of hydrogen-bond donors (Lipinski definition) is 1. The van der Waals surface area contributed by atoms with E-state index in [1.807, 2.05) is 25.0 Å². The summed E-state index contributed by atoms with van der Waals surface area (Å²) in [5, 5.41) is 9.86. The van der Waals surface area contributed by atoms with Gasteiger partial charge < -0.3 is 19.5 Å². The van der Waals surface area contributed by atoms with Crippen molar-refractivity contribution in [3.8, 4) is 5.75 Å². The fourth-order valence-electron chi connectivity index (χ4n) is 3.97. The molecule has 0 bridgehead atoms. The van der Waals surface area contributed by atoms with E-state index >= 15 is 0 Å². The Bertz CT molecular complexity index is 713. The van der Waals surface area contributed by atoms with Crippen molar-refractivity contribution >= 4 is 12.7 Å². The minimum absolute atomic E-state index is 0.346. The first-order chi connectivity index (χ1) is 14.0. The number of hydrogen-bond acceptors (Lipinski definition) is 4. The van der Waals surface area contributed by atoms with Crippen LogP contribution in [0.3, 0.4) is 0 Å². The Morgan fingerprint density at radius 1 is 1.07 bits per heavy atom. The van der Waals surface area contributed by atoms with Crippen LogP contribution in [-0.2, 0) is 6.61 Å². The number of piperidine rings is 1. The third kappa shape index (κ3) is 6.51. The zero-order chi connectivity index (χ0) is 20.6. The Balaban J connectivity index is 1.64. The van der Waals surface area contributed by atoms with Gasteiger partial charge in [-0.1, -0.05) is 44.2 Å². The molecule has 1 fully saturated rings. The second kappa shape index (κ2) is 10.7. The molecular weight excluding hydrogens is 359 g/mol. The lowest BCUT2D eigenvalue weighted by molar-refractivity contribution is 0.280. The molecule has 0 aromatic heterocycles. The lowest BCUT2D eigenvalue weighted by atomic mass is 9.82. The molecule has 1 saturated heterocycles. The molecule has 29 heavy (non-hydrogen) atoms. The number of benzene rings is 2. The van der Waals surface area contributed by atoms with Crippen molar-refractivity contribution in [2.75, 3.05) is 24.5 Å². The molecular formula is C24H35BN2O2. The van der Waals surface area contributed by atoms with Crippen LogP contribution < -0.4 is 9.64 Å². The van der Waals surface area contributed by atoms with Crippen molar-refractivity contribution < 1.29 is 9.76 Å². The van der Waals surface area contributed by atoms with Gasteiger partial charge in [-0.25, -0.2) is 0 Å². The monoisotopic (exact) mass is 394 g/mol. The minimum atomic E-state index is -0.346. The lowest BCUT2D eigenvalue weighted by Crippen LogP contribution is -2.49. The van der Waals surface area contributed by atoms with Crippen molar-refractivity contribution in [3.05, 3.63) is 60.2 Å². The summed E-state index contributed by atoms with van der Waals surface area (Å²) < 4.78 is 5.96. The Morgan fingerprint density at radius 2 is 1.72 bits per heavy atom. The molecule has 3 rings (SSSR count). The van der Waals surface area contributed by atoms with E-state index < -0.39 is 0 Å². The molecule has 5 heteroatoms. The van der Waals surface area contributed by atoms with Gasteiger partial charge in [-0.2, -0.15) is 0 Å². The number of rotatable bonds is 9. The Morgan fingerprint density at radius 3 is 2.31 bits per heavy atom. The summed E-state index contributed by atoms with van der Waals surface area (Å²) in [6, 6.07) is 19.4. The number of anilines is 1. The molecule has 1 N–H and O–H groups in total. The van der Waals surface area contributed by atoms with Gasteiger partial charge in [0.15, 0.2) is 0 Å². The smallest absolute Gasteiger partial charge is 0.376 e. The van der Waals surface area contributed by atoms with E-state index in [0.29, 0.717) is 18.6 Å². The van der Waals surface area contributed by atoms with E-state index in [0.717, 1.165) is 38.2 Å². The van der Waals surface area contributed by atoms with E-state index in [9.17, 15) is 5.02 Å². The molecule has 0 amide bonds. The first-order valence-electron chi connectivity index (χ1n) is 11.0. The van der Waals surface area contributed by atoms with Gasteiger partial charge in [0.05, 0.1) is 0 Å². The van der Waals surface area contributed by atoms with E-state index in [1.54, 1.807) is 0 Å².